The minimum atomic E-state index is -1.83. The normalized spacial score (nSPS) is 11.8. The van der Waals surface area contributed by atoms with E-state index >= 15 is 0 Å². The van der Waals surface area contributed by atoms with Crippen molar-refractivity contribution in [1.82, 2.24) is 20.2 Å². The summed E-state index contributed by atoms with van der Waals surface area (Å²) in [5, 5.41) is 19.3. The molecule has 162 valence electrons. The van der Waals surface area contributed by atoms with E-state index in [2.05, 4.69) is 59.3 Å². The van der Waals surface area contributed by atoms with Crippen molar-refractivity contribution in [3.63, 3.8) is 0 Å². The molecule has 3 aromatic rings. The molecule has 0 atom stereocenters. The molecule has 1 aromatic carbocycles. The Morgan fingerprint density at radius 1 is 1.13 bits per heavy atom. The summed E-state index contributed by atoms with van der Waals surface area (Å²) in [7, 11) is -0.175. The SMILES string of the molecule is COc1cc(CO[Si](C)(C)C(C)(C)C)ccc1-c1cc(Nc2cnc(C#N)cn2)n[nH]1. The molecule has 0 aliphatic carbocycles. The summed E-state index contributed by atoms with van der Waals surface area (Å²) in [5.74, 6) is 1.83. The van der Waals surface area contributed by atoms with E-state index in [1.54, 1.807) is 7.11 Å². The Kier molecular flexibility index (Phi) is 6.43. The second kappa shape index (κ2) is 8.87. The van der Waals surface area contributed by atoms with E-state index in [-0.39, 0.29) is 10.7 Å². The number of nitrogens with one attached hydrogen (secondary N) is 2. The number of hydrogen-bond acceptors (Lipinski definition) is 7. The lowest BCUT2D eigenvalue weighted by Crippen LogP contribution is -2.40. The maximum absolute atomic E-state index is 8.82. The second-order valence-electron chi connectivity index (χ2n) is 8.77. The van der Waals surface area contributed by atoms with E-state index in [4.69, 9.17) is 14.4 Å². The Balaban J connectivity index is 1.75. The van der Waals surface area contributed by atoms with E-state index in [1.165, 1.54) is 12.4 Å². The number of aromatic nitrogens is 4. The van der Waals surface area contributed by atoms with Gasteiger partial charge in [-0.3, -0.25) is 5.10 Å². The Morgan fingerprint density at radius 3 is 2.52 bits per heavy atom. The zero-order chi connectivity index (χ0) is 22.6. The molecule has 0 radical (unpaired) electrons. The molecule has 3 rings (SSSR count). The summed E-state index contributed by atoms with van der Waals surface area (Å²) < 4.78 is 12.0. The smallest absolute Gasteiger partial charge is 0.192 e. The van der Waals surface area contributed by atoms with Crippen LogP contribution in [0.2, 0.25) is 18.1 Å². The fourth-order valence-electron chi connectivity index (χ4n) is 2.63. The lowest BCUT2D eigenvalue weighted by atomic mass is 10.1. The first-order valence-electron chi connectivity index (χ1n) is 9.99. The van der Waals surface area contributed by atoms with Gasteiger partial charge in [-0.25, -0.2) is 9.97 Å². The number of methoxy groups -OCH3 is 1. The second-order valence-corrected chi connectivity index (χ2v) is 13.6. The highest BCUT2D eigenvalue weighted by Gasteiger charge is 2.37. The van der Waals surface area contributed by atoms with Crippen LogP contribution in [0.15, 0.2) is 36.7 Å². The minimum absolute atomic E-state index is 0.162. The van der Waals surface area contributed by atoms with Crippen LogP contribution >= 0.6 is 0 Å². The summed E-state index contributed by atoms with van der Waals surface area (Å²) >= 11 is 0. The molecular weight excluding hydrogens is 408 g/mol. The van der Waals surface area contributed by atoms with Gasteiger partial charge in [0, 0.05) is 11.6 Å². The maximum atomic E-state index is 8.82. The molecule has 0 spiro atoms. The molecule has 0 amide bonds. The third-order valence-corrected chi connectivity index (χ3v) is 10.0. The van der Waals surface area contributed by atoms with Crippen molar-refractivity contribution in [1.29, 1.82) is 5.26 Å². The van der Waals surface area contributed by atoms with Gasteiger partial charge in [0.25, 0.3) is 0 Å². The first-order valence-corrected chi connectivity index (χ1v) is 12.9. The molecule has 2 N–H and O–H groups in total. The topological polar surface area (TPSA) is 109 Å². The van der Waals surface area contributed by atoms with Gasteiger partial charge in [-0.05, 0) is 35.8 Å². The number of nitriles is 1. The van der Waals surface area contributed by atoms with Gasteiger partial charge in [0.1, 0.15) is 17.6 Å². The van der Waals surface area contributed by atoms with Gasteiger partial charge in [-0.2, -0.15) is 10.4 Å². The van der Waals surface area contributed by atoms with Crippen molar-refractivity contribution < 1.29 is 9.16 Å². The van der Waals surface area contributed by atoms with Crippen molar-refractivity contribution in [2.45, 2.75) is 45.5 Å². The Bertz CT molecular complexity index is 1080. The van der Waals surface area contributed by atoms with Crippen molar-refractivity contribution in [3.8, 4) is 23.1 Å². The number of aromatic amines is 1. The van der Waals surface area contributed by atoms with E-state index < -0.39 is 8.32 Å². The number of ether oxygens (including phenoxy) is 1. The van der Waals surface area contributed by atoms with Crippen molar-refractivity contribution >= 4 is 20.0 Å². The molecule has 8 nitrogen and oxygen atoms in total. The Hall–Kier alpha value is -3.22. The highest BCUT2D eigenvalue weighted by molar-refractivity contribution is 6.74. The van der Waals surface area contributed by atoms with Gasteiger partial charge in [-0.1, -0.05) is 26.8 Å². The highest BCUT2D eigenvalue weighted by Crippen LogP contribution is 2.37. The quantitative estimate of drug-likeness (QED) is 0.501. The van der Waals surface area contributed by atoms with E-state index in [9.17, 15) is 0 Å². The fourth-order valence-corrected chi connectivity index (χ4v) is 3.59. The predicted octanol–water partition coefficient (Wildman–Crippen LogP) is 5.01. The van der Waals surface area contributed by atoms with Crippen molar-refractivity contribution in [2.75, 3.05) is 12.4 Å². The van der Waals surface area contributed by atoms with Crippen molar-refractivity contribution in [2.24, 2.45) is 0 Å². The average molecular weight is 437 g/mol. The van der Waals surface area contributed by atoms with Gasteiger partial charge >= 0.3 is 0 Å². The third kappa shape index (κ3) is 5.28. The monoisotopic (exact) mass is 436 g/mol. The molecular formula is C22H28N6O2Si. The van der Waals surface area contributed by atoms with Crippen molar-refractivity contribution in [3.05, 3.63) is 47.9 Å². The maximum Gasteiger partial charge on any atom is 0.192 e. The van der Waals surface area contributed by atoms with Crippen LogP contribution in [0.25, 0.3) is 11.3 Å². The Labute approximate surface area is 183 Å². The number of hydrogen-bond donors (Lipinski definition) is 2. The summed E-state index contributed by atoms with van der Waals surface area (Å²) in [6.07, 6.45) is 2.90. The standard InChI is InChI=1S/C22H28N6O2Si/c1-22(2,3)31(5,6)30-14-15-7-8-17(19(9-15)29-4)18-10-20(28-27-18)26-21-13-24-16(11-23)12-25-21/h7-10,12-13H,14H2,1-6H3,(H2,25,26,27,28). The van der Waals surface area contributed by atoms with E-state index in [0.717, 1.165) is 22.6 Å². The zero-order valence-electron chi connectivity index (χ0n) is 18.8. The molecule has 2 heterocycles. The fraction of sp³-hybridized carbons (Fsp3) is 0.364. The van der Waals surface area contributed by atoms with Crippen LogP contribution < -0.4 is 10.1 Å². The molecule has 0 aliphatic heterocycles. The lowest BCUT2D eigenvalue weighted by molar-refractivity contribution is 0.275. The van der Waals surface area contributed by atoms with Crippen LogP contribution in [0.3, 0.4) is 0 Å². The third-order valence-electron chi connectivity index (χ3n) is 5.56. The molecule has 0 unspecified atom stereocenters. The van der Waals surface area contributed by atoms with Gasteiger partial charge < -0.3 is 14.5 Å². The zero-order valence-corrected chi connectivity index (χ0v) is 19.8. The van der Waals surface area contributed by atoms with Crippen LogP contribution in [0.1, 0.15) is 32.0 Å². The number of H-pyrrole nitrogens is 1. The van der Waals surface area contributed by atoms with Crippen LogP contribution in [0, 0.1) is 11.3 Å². The molecule has 2 aromatic heterocycles. The van der Waals surface area contributed by atoms with Gasteiger partial charge in [0.2, 0.25) is 0 Å². The molecule has 31 heavy (non-hydrogen) atoms. The molecule has 0 bridgehead atoms. The highest BCUT2D eigenvalue weighted by atomic mass is 28.4. The molecule has 9 heteroatoms. The van der Waals surface area contributed by atoms with Gasteiger partial charge in [-0.15, -0.1) is 0 Å². The molecule has 0 aliphatic rings. The largest absolute Gasteiger partial charge is 0.496 e. The Morgan fingerprint density at radius 2 is 1.90 bits per heavy atom. The number of anilines is 2. The summed E-state index contributed by atoms with van der Waals surface area (Å²) in [6.45, 7) is 11.7. The van der Waals surface area contributed by atoms with E-state index in [1.807, 2.05) is 30.3 Å². The number of nitrogens with zero attached hydrogens (tertiary/aromatic N) is 4. The predicted molar refractivity (Wildman–Crippen MR) is 123 cm³/mol. The molecule has 0 saturated heterocycles. The first kappa shape index (κ1) is 22.5. The number of benzene rings is 1. The number of rotatable bonds is 7. The molecule has 0 fully saturated rings. The summed E-state index contributed by atoms with van der Waals surface area (Å²) in [6, 6.07) is 9.86. The van der Waals surface area contributed by atoms with Crippen LogP contribution in [-0.4, -0.2) is 35.6 Å². The summed E-state index contributed by atoms with van der Waals surface area (Å²) in [4.78, 5) is 8.14. The van der Waals surface area contributed by atoms with E-state index in [0.29, 0.717) is 18.2 Å². The first-order chi connectivity index (χ1) is 14.6. The average Bonchev–Trinajstić information content (AvgIpc) is 3.20. The van der Waals surface area contributed by atoms with Gasteiger partial charge in [0.05, 0.1) is 31.8 Å². The van der Waals surface area contributed by atoms with Crippen LogP contribution in [-0.2, 0) is 11.0 Å². The van der Waals surface area contributed by atoms with Crippen LogP contribution in [0.4, 0.5) is 11.6 Å². The molecule has 0 saturated carbocycles. The van der Waals surface area contributed by atoms with Gasteiger partial charge in [0.15, 0.2) is 19.8 Å². The minimum Gasteiger partial charge on any atom is -0.496 e. The summed E-state index contributed by atoms with van der Waals surface area (Å²) in [5.41, 5.74) is 3.02. The lowest BCUT2D eigenvalue weighted by Gasteiger charge is -2.36. The van der Waals surface area contributed by atoms with Crippen LogP contribution in [0.5, 0.6) is 5.75 Å².